The van der Waals surface area contributed by atoms with Gasteiger partial charge in [0.25, 0.3) is 0 Å². The highest BCUT2D eigenvalue weighted by atomic mass is 16.5. The maximum absolute atomic E-state index is 5.80. The van der Waals surface area contributed by atoms with Crippen molar-refractivity contribution >= 4 is 0 Å². The lowest BCUT2D eigenvalue weighted by Crippen LogP contribution is -2.29. The molecule has 66 valence electrons. The quantitative estimate of drug-likeness (QED) is 0.597. The Bertz CT molecular complexity index is 101. The molecular weight excluding hydrogens is 136 g/mol. The summed E-state index contributed by atoms with van der Waals surface area (Å²) < 4.78 is 5.80. The first-order valence-corrected chi connectivity index (χ1v) is 4.87. The molecule has 0 aromatic rings. The Morgan fingerprint density at radius 1 is 1.27 bits per heavy atom. The first-order chi connectivity index (χ1) is 5.22. The van der Waals surface area contributed by atoms with Crippen molar-refractivity contribution in [2.45, 2.75) is 58.7 Å². The molecule has 3 atom stereocenters. The minimum absolute atomic E-state index is 0.496. The predicted octanol–water partition coefficient (Wildman–Crippen LogP) is 2.99. The van der Waals surface area contributed by atoms with E-state index in [1.807, 2.05) is 0 Å². The van der Waals surface area contributed by atoms with Crippen molar-refractivity contribution in [3.05, 3.63) is 0 Å². The summed E-state index contributed by atoms with van der Waals surface area (Å²) in [5.41, 5.74) is 0. The average molecular weight is 156 g/mol. The first kappa shape index (κ1) is 9.05. The zero-order chi connectivity index (χ0) is 8.27. The molecule has 0 saturated carbocycles. The molecule has 0 amide bonds. The Balaban J connectivity index is 2.30. The molecule has 11 heavy (non-hydrogen) atoms. The van der Waals surface area contributed by atoms with Gasteiger partial charge < -0.3 is 4.74 Å². The maximum Gasteiger partial charge on any atom is 0.0581 e. The number of hydrogen-bond donors (Lipinski definition) is 0. The van der Waals surface area contributed by atoms with Gasteiger partial charge in [0.2, 0.25) is 0 Å². The largest absolute Gasteiger partial charge is 0.375 e. The van der Waals surface area contributed by atoms with Crippen LogP contribution in [0, 0.1) is 5.92 Å². The fourth-order valence-corrected chi connectivity index (χ4v) is 2.06. The van der Waals surface area contributed by atoms with E-state index in [4.69, 9.17) is 4.74 Å². The van der Waals surface area contributed by atoms with Crippen LogP contribution in [0.3, 0.4) is 0 Å². The van der Waals surface area contributed by atoms with Gasteiger partial charge in [0, 0.05) is 0 Å². The first-order valence-electron chi connectivity index (χ1n) is 4.87. The van der Waals surface area contributed by atoms with E-state index in [0.29, 0.717) is 12.2 Å². The van der Waals surface area contributed by atoms with Crippen LogP contribution in [0.2, 0.25) is 0 Å². The third-order valence-corrected chi connectivity index (χ3v) is 2.43. The van der Waals surface area contributed by atoms with Crippen LogP contribution in [-0.4, -0.2) is 12.2 Å². The van der Waals surface area contributed by atoms with Gasteiger partial charge in [0.1, 0.15) is 0 Å². The van der Waals surface area contributed by atoms with Crippen LogP contribution in [0.15, 0.2) is 0 Å². The molecule has 1 rings (SSSR count). The Labute approximate surface area is 70.1 Å². The van der Waals surface area contributed by atoms with Crippen LogP contribution >= 0.6 is 0 Å². The summed E-state index contributed by atoms with van der Waals surface area (Å²) in [6.45, 7) is 6.76. The minimum atomic E-state index is 0.496. The molecule has 0 spiro atoms. The van der Waals surface area contributed by atoms with E-state index >= 15 is 0 Å². The normalized spacial score (nSPS) is 39.0. The lowest BCUT2D eigenvalue weighted by Gasteiger charge is -2.31. The molecule has 0 bridgehead atoms. The van der Waals surface area contributed by atoms with Crippen molar-refractivity contribution in [1.82, 2.24) is 0 Å². The topological polar surface area (TPSA) is 9.23 Å². The van der Waals surface area contributed by atoms with E-state index < -0.39 is 0 Å². The Hall–Kier alpha value is -0.0400. The summed E-state index contributed by atoms with van der Waals surface area (Å²) in [7, 11) is 0. The molecule has 1 heterocycles. The van der Waals surface area contributed by atoms with Gasteiger partial charge in [-0.1, -0.05) is 20.3 Å². The van der Waals surface area contributed by atoms with E-state index in [2.05, 4.69) is 20.8 Å². The maximum atomic E-state index is 5.80. The van der Waals surface area contributed by atoms with Crippen molar-refractivity contribution in [1.29, 1.82) is 0 Å². The van der Waals surface area contributed by atoms with Gasteiger partial charge in [-0.2, -0.15) is 0 Å². The fraction of sp³-hybridized carbons (Fsp3) is 1.00. The van der Waals surface area contributed by atoms with E-state index in [0.717, 1.165) is 5.92 Å². The summed E-state index contributed by atoms with van der Waals surface area (Å²) >= 11 is 0. The Morgan fingerprint density at radius 3 is 2.55 bits per heavy atom. The van der Waals surface area contributed by atoms with Gasteiger partial charge in [-0.15, -0.1) is 0 Å². The van der Waals surface area contributed by atoms with E-state index in [1.165, 1.54) is 25.7 Å². The van der Waals surface area contributed by atoms with Gasteiger partial charge in [-0.25, -0.2) is 0 Å². The van der Waals surface area contributed by atoms with Crippen LogP contribution in [0.4, 0.5) is 0 Å². The lowest BCUT2D eigenvalue weighted by molar-refractivity contribution is -0.0617. The monoisotopic (exact) mass is 156 g/mol. The molecule has 0 aromatic heterocycles. The SMILES string of the molecule is CCCC1CC(C)CC(C)O1. The molecule has 1 aliphatic heterocycles. The molecule has 1 saturated heterocycles. The van der Waals surface area contributed by atoms with Gasteiger partial charge in [-0.05, 0) is 32.1 Å². The van der Waals surface area contributed by atoms with Crippen molar-refractivity contribution in [2.75, 3.05) is 0 Å². The molecule has 1 aliphatic rings. The molecule has 3 unspecified atom stereocenters. The van der Waals surface area contributed by atoms with Gasteiger partial charge in [0.05, 0.1) is 12.2 Å². The van der Waals surface area contributed by atoms with Crippen molar-refractivity contribution in [3.63, 3.8) is 0 Å². The van der Waals surface area contributed by atoms with E-state index in [-0.39, 0.29) is 0 Å². The molecule has 0 aromatic carbocycles. The molecule has 0 aliphatic carbocycles. The number of rotatable bonds is 2. The summed E-state index contributed by atoms with van der Waals surface area (Å²) in [5, 5.41) is 0. The van der Waals surface area contributed by atoms with Gasteiger partial charge in [0.15, 0.2) is 0 Å². The highest BCUT2D eigenvalue weighted by Gasteiger charge is 2.23. The smallest absolute Gasteiger partial charge is 0.0581 e. The predicted molar refractivity (Wildman–Crippen MR) is 47.6 cm³/mol. The average Bonchev–Trinajstić information content (AvgIpc) is 1.85. The molecule has 0 N–H and O–H groups in total. The standard InChI is InChI=1S/C10H20O/c1-4-5-10-7-8(2)6-9(3)11-10/h8-10H,4-7H2,1-3H3. The molecule has 1 fully saturated rings. The van der Waals surface area contributed by atoms with Crippen LogP contribution in [0.25, 0.3) is 0 Å². The summed E-state index contributed by atoms with van der Waals surface area (Å²) in [4.78, 5) is 0. The van der Waals surface area contributed by atoms with Crippen LogP contribution < -0.4 is 0 Å². The zero-order valence-corrected chi connectivity index (χ0v) is 7.97. The van der Waals surface area contributed by atoms with E-state index in [9.17, 15) is 0 Å². The molecule has 0 radical (unpaired) electrons. The fourth-order valence-electron chi connectivity index (χ4n) is 2.06. The van der Waals surface area contributed by atoms with Crippen LogP contribution in [-0.2, 0) is 4.74 Å². The van der Waals surface area contributed by atoms with E-state index in [1.54, 1.807) is 0 Å². The number of hydrogen-bond acceptors (Lipinski definition) is 1. The molecular formula is C10H20O. The summed E-state index contributed by atoms with van der Waals surface area (Å²) in [6.07, 6.45) is 6.08. The van der Waals surface area contributed by atoms with Crippen LogP contribution in [0.5, 0.6) is 0 Å². The van der Waals surface area contributed by atoms with Crippen LogP contribution in [0.1, 0.15) is 46.5 Å². The lowest BCUT2D eigenvalue weighted by atomic mass is 9.92. The van der Waals surface area contributed by atoms with Gasteiger partial charge in [-0.3, -0.25) is 0 Å². The molecule has 1 nitrogen and oxygen atoms in total. The Morgan fingerprint density at radius 2 is 2.00 bits per heavy atom. The van der Waals surface area contributed by atoms with Gasteiger partial charge >= 0.3 is 0 Å². The third kappa shape index (κ3) is 2.82. The second kappa shape index (κ2) is 4.10. The van der Waals surface area contributed by atoms with Crippen molar-refractivity contribution in [3.8, 4) is 0 Å². The van der Waals surface area contributed by atoms with Crippen molar-refractivity contribution < 1.29 is 4.74 Å². The zero-order valence-electron chi connectivity index (χ0n) is 7.97. The highest BCUT2D eigenvalue weighted by Crippen LogP contribution is 2.26. The third-order valence-electron chi connectivity index (χ3n) is 2.43. The number of ether oxygens (including phenoxy) is 1. The summed E-state index contributed by atoms with van der Waals surface area (Å²) in [5.74, 6) is 0.871. The van der Waals surface area contributed by atoms with Crippen molar-refractivity contribution in [2.24, 2.45) is 5.92 Å². The highest BCUT2D eigenvalue weighted by molar-refractivity contribution is 4.72. The second-order valence-electron chi connectivity index (χ2n) is 3.93. The second-order valence-corrected chi connectivity index (χ2v) is 3.93. The minimum Gasteiger partial charge on any atom is -0.375 e. The summed E-state index contributed by atoms with van der Waals surface area (Å²) in [6, 6.07) is 0. The molecule has 1 heteroatoms. The Kier molecular flexibility index (Phi) is 3.38.